The molecule has 0 unspecified atom stereocenters. The summed E-state index contributed by atoms with van der Waals surface area (Å²) in [5.74, 6) is 1.46. The van der Waals surface area contributed by atoms with Crippen molar-refractivity contribution in [2.75, 3.05) is 26.2 Å². The molecule has 3 heteroatoms. The Bertz CT molecular complexity index is 439. The van der Waals surface area contributed by atoms with E-state index < -0.39 is 0 Å². The molecule has 118 valence electrons. The molecule has 0 heterocycles. The highest BCUT2D eigenvalue weighted by molar-refractivity contribution is 5.87. The summed E-state index contributed by atoms with van der Waals surface area (Å²) < 4.78 is 5.30. The Hall–Kier alpha value is -1.35. The fraction of sp³-hybridized carbons (Fsp3) is 0.611. The Labute approximate surface area is 129 Å². The van der Waals surface area contributed by atoms with Crippen LogP contribution in [0.3, 0.4) is 0 Å². The normalized spacial score (nSPS) is 10.9. The van der Waals surface area contributed by atoms with Crippen molar-refractivity contribution in [3.05, 3.63) is 18.2 Å². The van der Waals surface area contributed by atoms with Crippen LogP contribution in [0.2, 0.25) is 0 Å². The summed E-state index contributed by atoms with van der Waals surface area (Å²) in [5, 5.41) is 0. The minimum absolute atomic E-state index is 0.407. The van der Waals surface area contributed by atoms with Crippen molar-refractivity contribution < 1.29 is 9.53 Å². The van der Waals surface area contributed by atoms with Crippen LogP contribution in [0.25, 0.3) is 11.1 Å². The molecular formula is C18H29NO2. The second kappa shape index (κ2) is 9.56. The summed E-state index contributed by atoms with van der Waals surface area (Å²) in [5.41, 5.74) is 2.65. The molecule has 2 rings (SSSR count). The van der Waals surface area contributed by atoms with Crippen LogP contribution in [0.4, 0.5) is 0 Å². The highest BCUT2D eigenvalue weighted by atomic mass is 16.5. The van der Waals surface area contributed by atoms with Crippen LogP contribution in [0.5, 0.6) is 5.75 Å². The third-order valence-electron chi connectivity index (χ3n) is 3.64. The monoisotopic (exact) mass is 291 g/mol. The quantitative estimate of drug-likeness (QED) is 0.695. The van der Waals surface area contributed by atoms with Crippen molar-refractivity contribution in [2.24, 2.45) is 0 Å². The molecule has 0 amide bonds. The number of hydrogen-bond acceptors (Lipinski definition) is 3. The molecule has 0 aromatic carbocycles. The van der Waals surface area contributed by atoms with Gasteiger partial charge in [-0.1, -0.05) is 26.8 Å². The molecule has 0 aromatic heterocycles. The molecule has 3 nitrogen and oxygen atoms in total. The minimum Gasteiger partial charge on any atom is -0.493 e. The summed E-state index contributed by atoms with van der Waals surface area (Å²) >= 11 is 0. The van der Waals surface area contributed by atoms with E-state index >= 15 is 0 Å². The van der Waals surface area contributed by atoms with Gasteiger partial charge in [-0.15, -0.1) is 0 Å². The zero-order valence-corrected chi connectivity index (χ0v) is 13.9. The highest BCUT2D eigenvalue weighted by Crippen LogP contribution is 2.43. The SMILES string of the molecule is CCCC(=O)CCN(CC)CC.CCOc1ccc2cc1-2. The van der Waals surface area contributed by atoms with E-state index in [0.29, 0.717) is 5.78 Å². The topological polar surface area (TPSA) is 29.5 Å². The van der Waals surface area contributed by atoms with Crippen molar-refractivity contribution >= 4 is 5.78 Å². The van der Waals surface area contributed by atoms with Crippen molar-refractivity contribution in [1.82, 2.24) is 4.90 Å². The highest BCUT2D eigenvalue weighted by Gasteiger charge is 2.17. The van der Waals surface area contributed by atoms with Crippen LogP contribution in [0.1, 0.15) is 47.0 Å². The maximum atomic E-state index is 11.2. The van der Waals surface area contributed by atoms with Gasteiger partial charge in [-0.05, 0) is 44.1 Å². The third-order valence-corrected chi connectivity index (χ3v) is 3.64. The molecule has 21 heavy (non-hydrogen) atoms. The number of carbonyl (C=O) groups is 1. The average molecular weight is 291 g/mol. The Kier molecular flexibility index (Phi) is 8.06. The fourth-order valence-electron chi connectivity index (χ4n) is 2.23. The van der Waals surface area contributed by atoms with Gasteiger partial charge in [0.1, 0.15) is 11.5 Å². The second-order valence-corrected chi connectivity index (χ2v) is 5.21. The number of ether oxygens (including phenoxy) is 1. The summed E-state index contributed by atoms with van der Waals surface area (Å²) in [4.78, 5) is 13.4. The van der Waals surface area contributed by atoms with E-state index in [1.807, 2.05) is 13.0 Å². The lowest BCUT2D eigenvalue weighted by molar-refractivity contribution is -0.119. The van der Waals surface area contributed by atoms with E-state index in [9.17, 15) is 4.79 Å². The largest absolute Gasteiger partial charge is 0.493 e. The van der Waals surface area contributed by atoms with E-state index in [1.54, 1.807) is 0 Å². The molecule has 0 saturated heterocycles. The fourth-order valence-corrected chi connectivity index (χ4v) is 2.23. The lowest BCUT2D eigenvalue weighted by Crippen LogP contribution is -2.25. The van der Waals surface area contributed by atoms with E-state index in [4.69, 9.17) is 4.74 Å². The van der Waals surface area contributed by atoms with Crippen molar-refractivity contribution in [3.63, 3.8) is 0 Å². The van der Waals surface area contributed by atoms with Gasteiger partial charge >= 0.3 is 0 Å². The predicted molar refractivity (Wildman–Crippen MR) is 88.9 cm³/mol. The zero-order valence-electron chi connectivity index (χ0n) is 13.9. The standard InChI is InChI=1S/C10H21NO.C8H8O/c1-4-7-10(12)8-9-11(5-2)6-3;1-2-9-8-4-3-6-5-7(6)8/h4-9H2,1-3H3;3-5H,2H2,1H3. The summed E-state index contributed by atoms with van der Waals surface area (Å²) in [6.07, 6.45) is 2.47. The first-order valence-corrected chi connectivity index (χ1v) is 8.17. The molecule has 0 N–H and O–H groups in total. The molecule has 0 bridgehead atoms. The van der Waals surface area contributed by atoms with Gasteiger partial charge in [-0.3, -0.25) is 4.79 Å². The van der Waals surface area contributed by atoms with Crippen molar-refractivity contribution in [1.29, 1.82) is 0 Å². The molecule has 0 radical (unpaired) electrons. The Balaban J connectivity index is 0.000000216. The molecule has 2 aliphatic rings. The lowest BCUT2D eigenvalue weighted by atomic mass is 10.2. The number of nitrogens with zero attached hydrogens (tertiary/aromatic N) is 1. The first-order valence-electron chi connectivity index (χ1n) is 8.17. The van der Waals surface area contributed by atoms with Gasteiger partial charge < -0.3 is 9.64 Å². The van der Waals surface area contributed by atoms with Crippen LogP contribution in [0.15, 0.2) is 18.2 Å². The minimum atomic E-state index is 0.407. The van der Waals surface area contributed by atoms with Gasteiger partial charge in [0.05, 0.1) is 6.61 Å². The first-order chi connectivity index (χ1) is 10.2. The molecule has 0 aliphatic heterocycles. The molecular weight excluding hydrogens is 262 g/mol. The number of fused-ring (bicyclic) bond motifs is 1. The number of ketones is 1. The van der Waals surface area contributed by atoms with E-state index in [2.05, 4.69) is 37.8 Å². The smallest absolute Gasteiger partial charge is 0.134 e. The van der Waals surface area contributed by atoms with Crippen LogP contribution in [0, 0.1) is 0 Å². The van der Waals surface area contributed by atoms with Crippen LogP contribution in [-0.2, 0) is 4.79 Å². The second-order valence-electron chi connectivity index (χ2n) is 5.21. The van der Waals surface area contributed by atoms with Gasteiger partial charge in [0.25, 0.3) is 0 Å². The molecule has 0 fully saturated rings. The predicted octanol–water partition coefficient (Wildman–Crippen LogP) is 4.15. The average Bonchev–Trinajstić information content (AvgIpc) is 3.17. The van der Waals surface area contributed by atoms with Crippen LogP contribution < -0.4 is 4.74 Å². The maximum absolute atomic E-state index is 11.2. The number of rotatable bonds is 9. The van der Waals surface area contributed by atoms with Crippen molar-refractivity contribution in [2.45, 2.75) is 47.0 Å². The van der Waals surface area contributed by atoms with Gasteiger partial charge in [0, 0.05) is 24.9 Å². The molecule has 0 atom stereocenters. The molecule has 2 aliphatic carbocycles. The zero-order chi connectivity index (χ0) is 15.7. The van der Waals surface area contributed by atoms with Gasteiger partial charge in [0.2, 0.25) is 0 Å². The van der Waals surface area contributed by atoms with Gasteiger partial charge in [0.15, 0.2) is 0 Å². The summed E-state index contributed by atoms with van der Waals surface area (Å²) in [6.45, 7) is 12.1. The van der Waals surface area contributed by atoms with Gasteiger partial charge in [-0.2, -0.15) is 0 Å². The van der Waals surface area contributed by atoms with Crippen molar-refractivity contribution in [3.8, 4) is 16.9 Å². The summed E-state index contributed by atoms with van der Waals surface area (Å²) in [6, 6.07) is 6.24. The molecule has 0 saturated carbocycles. The number of Topliss-reactive ketones (excluding diaryl/α,β-unsaturated/α-hetero) is 1. The lowest BCUT2D eigenvalue weighted by Gasteiger charge is -2.16. The summed E-state index contributed by atoms with van der Waals surface area (Å²) in [7, 11) is 0. The van der Waals surface area contributed by atoms with E-state index in [-0.39, 0.29) is 0 Å². The van der Waals surface area contributed by atoms with E-state index in [1.165, 1.54) is 11.1 Å². The number of benzene rings is 1. The van der Waals surface area contributed by atoms with Crippen LogP contribution >= 0.6 is 0 Å². The molecule has 0 spiro atoms. The number of carbonyl (C=O) groups excluding carboxylic acids is 1. The Morgan fingerprint density at radius 3 is 2.24 bits per heavy atom. The maximum Gasteiger partial charge on any atom is 0.134 e. The van der Waals surface area contributed by atoms with Crippen LogP contribution in [-0.4, -0.2) is 36.9 Å². The molecule has 0 aromatic rings. The third kappa shape index (κ3) is 6.30. The van der Waals surface area contributed by atoms with Gasteiger partial charge in [-0.25, -0.2) is 0 Å². The number of hydrogen-bond donors (Lipinski definition) is 0. The Morgan fingerprint density at radius 2 is 1.81 bits per heavy atom. The first kappa shape index (κ1) is 17.7. The van der Waals surface area contributed by atoms with E-state index in [0.717, 1.165) is 51.3 Å². The Morgan fingerprint density at radius 1 is 1.10 bits per heavy atom.